The van der Waals surface area contributed by atoms with E-state index in [4.69, 9.17) is 4.74 Å². The molecule has 1 atom stereocenters. The average Bonchev–Trinajstić information content (AvgIpc) is 2.28. The minimum atomic E-state index is 0.145. The quantitative estimate of drug-likeness (QED) is 0.738. The molecule has 4 nitrogen and oxygen atoms in total. The summed E-state index contributed by atoms with van der Waals surface area (Å²) in [6.07, 6.45) is 2.63. The first-order valence-electron chi connectivity index (χ1n) is 6.63. The molecule has 1 aliphatic rings. The van der Waals surface area contributed by atoms with Gasteiger partial charge in [-0.15, -0.1) is 0 Å². The van der Waals surface area contributed by atoms with Crippen molar-refractivity contribution in [2.45, 2.75) is 46.1 Å². The fraction of sp³-hybridized carbons (Fsp3) is 0.923. The Balaban J connectivity index is 2.22. The lowest BCUT2D eigenvalue weighted by Crippen LogP contribution is -2.41. The molecule has 2 N–H and O–H groups in total. The number of hydrogen-bond donors (Lipinski definition) is 2. The summed E-state index contributed by atoms with van der Waals surface area (Å²) in [6, 6.07) is 0.252. The van der Waals surface area contributed by atoms with Crippen LogP contribution in [0.25, 0.3) is 0 Å². The van der Waals surface area contributed by atoms with Crippen molar-refractivity contribution in [3.63, 3.8) is 0 Å². The van der Waals surface area contributed by atoms with Crippen LogP contribution in [0.5, 0.6) is 0 Å². The Morgan fingerprint density at radius 1 is 1.41 bits per heavy atom. The molecule has 0 spiro atoms. The maximum Gasteiger partial charge on any atom is 0.221 e. The van der Waals surface area contributed by atoms with Crippen molar-refractivity contribution in [1.29, 1.82) is 0 Å². The summed E-state index contributed by atoms with van der Waals surface area (Å²) >= 11 is 0. The second-order valence-electron chi connectivity index (χ2n) is 5.36. The van der Waals surface area contributed by atoms with Gasteiger partial charge in [-0.2, -0.15) is 0 Å². The van der Waals surface area contributed by atoms with Gasteiger partial charge in [-0.3, -0.25) is 4.79 Å². The number of rotatable bonds is 6. The molecule has 0 aromatic heterocycles. The summed E-state index contributed by atoms with van der Waals surface area (Å²) < 4.78 is 5.35. The number of nitrogens with one attached hydrogen (secondary N) is 2. The maximum absolute atomic E-state index is 11.7. The normalized spacial score (nSPS) is 20.9. The Kier molecular flexibility index (Phi) is 5.92. The largest absolute Gasteiger partial charge is 0.381 e. The van der Waals surface area contributed by atoms with Crippen LogP contribution < -0.4 is 10.6 Å². The number of amides is 1. The van der Waals surface area contributed by atoms with Crippen molar-refractivity contribution >= 4 is 5.91 Å². The van der Waals surface area contributed by atoms with Crippen molar-refractivity contribution in [3.8, 4) is 0 Å². The average molecular weight is 242 g/mol. The van der Waals surface area contributed by atoms with Gasteiger partial charge in [0.05, 0.1) is 0 Å². The van der Waals surface area contributed by atoms with Crippen molar-refractivity contribution < 1.29 is 9.53 Å². The van der Waals surface area contributed by atoms with Crippen LogP contribution in [0.1, 0.15) is 40.0 Å². The molecule has 0 bridgehead atoms. The fourth-order valence-electron chi connectivity index (χ4n) is 2.12. The van der Waals surface area contributed by atoms with Crippen LogP contribution in [-0.4, -0.2) is 38.3 Å². The molecule has 1 aliphatic heterocycles. The first kappa shape index (κ1) is 14.5. The van der Waals surface area contributed by atoms with E-state index in [9.17, 15) is 4.79 Å². The van der Waals surface area contributed by atoms with Crippen LogP contribution in [0.15, 0.2) is 0 Å². The third-order valence-corrected chi connectivity index (χ3v) is 3.46. The van der Waals surface area contributed by atoms with Crippen molar-refractivity contribution in [1.82, 2.24) is 10.6 Å². The zero-order valence-corrected chi connectivity index (χ0v) is 11.3. The minimum Gasteiger partial charge on any atom is -0.381 e. The lowest BCUT2D eigenvalue weighted by atomic mass is 9.82. The lowest BCUT2D eigenvalue weighted by molar-refractivity contribution is -0.122. The molecule has 1 fully saturated rings. The van der Waals surface area contributed by atoms with E-state index in [1.807, 2.05) is 6.92 Å². The number of ether oxygens (including phenoxy) is 1. The first-order chi connectivity index (χ1) is 8.06. The number of carbonyl (C=O) groups excluding carboxylic acids is 1. The fourth-order valence-corrected chi connectivity index (χ4v) is 2.12. The molecule has 1 unspecified atom stereocenters. The van der Waals surface area contributed by atoms with Crippen LogP contribution in [-0.2, 0) is 9.53 Å². The molecule has 0 radical (unpaired) electrons. The van der Waals surface area contributed by atoms with Gasteiger partial charge in [0.25, 0.3) is 0 Å². The molecule has 4 heteroatoms. The molecule has 1 amide bonds. The molecule has 0 aliphatic carbocycles. The van der Waals surface area contributed by atoms with Crippen LogP contribution in [0.3, 0.4) is 0 Å². The van der Waals surface area contributed by atoms with E-state index < -0.39 is 0 Å². The first-order valence-corrected chi connectivity index (χ1v) is 6.63. The molecular weight excluding hydrogens is 216 g/mol. The highest BCUT2D eigenvalue weighted by Crippen LogP contribution is 2.28. The highest BCUT2D eigenvalue weighted by molar-refractivity contribution is 5.76. The molecule has 1 heterocycles. The SMILES string of the molecule is CCNC(C)CC(=O)NCC1(C)CCOCC1. The van der Waals surface area contributed by atoms with Crippen LogP contribution >= 0.6 is 0 Å². The summed E-state index contributed by atoms with van der Waals surface area (Å²) in [6.45, 7) is 9.64. The highest BCUT2D eigenvalue weighted by atomic mass is 16.5. The van der Waals surface area contributed by atoms with Gasteiger partial charge >= 0.3 is 0 Å². The van der Waals surface area contributed by atoms with E-state index in [1.165, 1.54) is 0 Å². The van der Waals surface area contributed by atoms with Crippen molar-refractivity contribution in [2.24, 2.45) is 5.41 Å². The predicted octanol–water partition coefficient (Wildman–Crippen LogP) is 1.31. The van der Waals surface area contributed by atoms with Gasteiger partial charge in [0, 0.05) is 32.2 Å². The van der Waals surface area contributed by atoms with E-state index in [0.717, 1.165) is 39.1 Å². The van der Waals surface area contributed by atoms with Gasteiger partial charge in [-0.1, -0.05) is 13.8 Å². The Morgan fingerprint density at radius 2 is 2.06 bits per heavy atom. The van der Waals surface area contributed by atoms with Gasteiger partial charge < -0.3 is 15.4 Å². The van der Waals surface area contributed by atoms with E-state index >= 15 is 0 Å². The second kappa shape index (κ2) is 6.97. The van der Waals surface area contributed by atoms with E-state index in [0.29, 0.717) is 6.42 Å². The molecule has 1 saturated heterocycles. The smallest absolute Gasteiger partial charge is 0.221 e. The van der Waals surface area contributed by atoms with Gasteiger partial charge in [0.1, 0.15) is 0 Å². The zero-order chi connectivity index (χ0) is 12.7. The second-order valence-corrected chi connectivity index (χ2v) is 5.36. The summed E-state index contributed by atoms with van der Waals surface area (Å²) in [5.74, 6) is 0.145. The van der Waals surface area contributed by atoms with Gasteiger partial charge in [-0.25, -0.2) is 0 Å². The molecule has 0 aromatic carbocycles. The number of hydrogen-bond acceptors (Lipinski definition) is 3. The van der Waals surface area contributed by atoms with E-state index in [-0.39, 0.29) is 17.4 Å². The maximum atomic E-state index is 11.7. The Labute approximate surface area is 104 Å². The molecule has 100 valence electrons. The Hall–Kier alpha value is -0.610. The van der Waals surface area contributed by atoms with Gasteiger partial charge in [0.2, 0.25) is 5.91 Å². The molecule has 1 rings (SSSR count). The summed E-state index contributed by atoms with van der Waals surface area (Å²) in [5, 5.41) is 6.29. The van der Waals surface area contributed by atoms with Crippen LogP contribution in [0.2, 0.25) is 0 Å². The molecule has 0 saturated carbocycles. The highest BCUT2D eigenvalue weighted by Gasteiger charge is 2.27. The van der Waals surface area contributed by atoms with Crippen molar-refractivity contribution in [3.05, 3.63) is 0 Å². The zero-order valence-electron chi connectivity index (χ0n) is 11.3. The summed E-state index contributed by atoms with van der Waals surface area (Å²) in [4.78, 5) is 11.7. The van der Waals surface area contributed by atoms with E-state index in [1.54, 1.807) is 0 Å². The third-order valence-electron chi connectivity index (χ3n) is 3.46. The van der Waals surface area contributed by atoms with Crippen molar-refractivity contribution in [2.75, 3.05) is 26.3 Å². The number of carbonyl (C=O) groups is 1. The Morgan fingerprint density at radius 3 is 2.65 bits per heavy atom. The molecule has 0 aromatic rings. The monoisotopic (exact) mass is 242 g/mol. The van der Waals surface area contributed by atoms with Gasteiger partial charge in [0.15, 0.2) is 0 Å². The van der Waals surface area contributed by atoms with Crippen LogP contribution in [0.4, 0.5) is 0 Å². The predicted molar refractivity (Wildman–Crippen MR) is 68.9 cm³/mol. The van der Waals surface area contributed by atoms with E-state index in [2.05, 4.69) is 24.5 Å². The summed E-state index contributed by atoms with van der Waals surface area (Å²) in [5.41, 5.74) is 0.218. The standard InChI is InChI=1S/C13H26N2O2/c1-4-14-11(2)9-12(16)15-10-13(3)5-7-17-8-6-13/h11,14H,4-10H2,1-3H3,(H,15,16). The van der Waals surface area contributed by atoms with Crippen LogP contribution in [0, 0.1) is 5.41 Å². The lowest BCUT2D eigenvalue weighted by Gasteiger charge is -2.33. The topological polar surface area (TPSA) is 50.4 Å². The third kappa shape index (κ3) is 5.50. The molecule has 17 heavy (non-hydrogen) atoms. The molecular formula is C13H26N2O2. The summed E-state index contributed by atoms with van der Waals surface area (Å²) in [7, 11) is 0. The minimum absolute atomic E-state index is 0.145. The Bertz CT molecular complexity index is 238. The van der Waals surface area contributed by atoms with Gasteiger partial charge in [-0.05, 0) is 31.7 Å².